The van der Waals surface area contributed by atoms with Gasteiger partial charge < -0.3 is 9.64 Å². The third-order valence-electron chi connectivity index (χ3n) is 1.70. The van der Waals surface area contributed by atoms with Crippen LogP contribution in [-0.4, -0.2) is 20.5 Å². The molecule has 0 bridgehead atoms. The molecule has 0 aliphatic heterocycles. The number of hydrogen-bond acceptors (Lipinski definition) is 2. The normalized spacial score (nSPS) is 11.4. The maximum Gasteiger partial charge on any atom is 0.573 e. The first kappa shape index (κ1) is 13.4. The van der Waals surface area contributed by atoms with Crippen LogP contribution in [-0.2, 0) is 0 Å². The predicted octanol–water partition coefficient (Wildman–Crippen LogP) is 4.07. The van der Waals surface area contributed by atoms with E-state index in [0.717, 1.165) is 0 Å². The minimum Gasteiger partial charge on any atom is -0.404 e. The van der Waals surface area contributed by atoms with Gasteiger partial charge in [-0.25, -0.2) is 0 Å². The van der Waals surface area contributed by atoms with E-state index in [1.54, 1.807) is 14.1 Å². The lowest BCUT2D eigenvalue weighted by Gasteiger charge is -2.20. The van der Waals surface area contributed by atoms with Crippen LogP contribution < -0.4 is 9.64 Å². The van der Waals surface area contributed by atoms with Gasteiger partial charge in [0.25, 0.3) is 0 Å². The minimum atomic E-state index is -4.73. The highest BCUT2D eigenvalue weighted by molar-refractivity contribution is 9.10. The maximum atomic E-state index is 12.1. The Morgan fingerprint density at radius 3 is 2.31 bits per heavy atom. The van der Waals surface area contributed by atoms with Gasteiger partial charge in [-0.1, -0.05) is 11.6 Å². The molecule has 1 aromatic carbocycles. The van der Waals surface area contributed by atoms with Crippen LogP contribution in [0.5, 0.6) is 5.75 Å². The van der Waals surface area contributed by atoms with Crippen LogP contribution in [0.4, 0.5) is 18.9 Å². The smallest absolute Gasteiger partial charge is 0.404 e. The first-order chi connectivity index (χ1) is 7.22. The molecule has 0 atom stereocenters. The van der Waals surface area contributed by atoms with Gasteiger partial charge in [0.1, 0.15) is 0 Å². The quantitative estimate of drug-likeness (QED) is 0.815. The summed E-state index contributed by atoms with van der Waals surface area (Å²) in [6, 6.07) is 2.61. The molecule has 0 N–H and O–H groups in total. The lowest BCUT2D eigenvalue weighted by molar-refractivity contribution is -0.274. The number of nitrogens with zero attached hydrogens (tertiary/aromatic N) is 1. The Labute approximate surface area is 104 Å². The van der Waals surface area contributed by atoms with Gasteiger partial charge in [-0.2, -0.15) is 0 Å². The lowest BCUT2D eigenvalue weighted by atomic mass is 10.3. The van der Waals surface area contributed by atoms with E-state index in [0.29, 0.717) is 4.47 Å². The van der Waals surface area contributed by atoms with E-state index < -0.39 is 6.36 Å². The molecule has 0 aliphatic rings. The Balaban J connectivity index is 3.24. The number of alkyl halides is 3. The molecule has 0 unspecified atom stereocenters. The second kappa shape index (κ2) is 4.71. The van der Waals surface area contributed by atoms with Crippen molar-refractivity contribution < 1.29 is 17.9 Å². The van der Waals surface area contributed by atoms with Crippen molar-refractivity contribution in [1.82, 2.24) is 0 Å². The second-order valence-corrected chi connectivity index (χ2v) is 4.38. The maximum absolute atomic E-state index is 12.1. The van der Waals surface area contributed by atoms with Gasteiger partial charge in [0.15, 0.2) is 5.75 Å². The SMILES string of the molecule is CN(C)c1c(OC(F)(F)F)ccc(Br)c1Cl. The van der Waals surface area contributed by atoms with Crippen molar-refractivity contribution in [3.8, 4) is 5.75 Å². The van der Waals surface area contributed by atoms with Crippen molar-refractivity contribution in [3.05, 3.63) is 21.6 Å². The van der Waals surface area contributed by atoms with Crippen molar-refractivity contribution in [2.24, 2.45) is 0 Å². The molecule has 0 aromatic heterocycles. The zero-order valence-electron chi connectivity index (χ0n) is 8.40. The van der Waals surface area contributed by atoms with Crippen molar-refractivity contribution in [2.75, 3.05) is 19.0 Å². The fourth-order valence-electron chi connectivity index (χ4n) is 1.15. The van der Waals surface area contributed by atoms with Gasteiger partial charge in [-0.3, -0.25) is 0 Å². The molecule has 0 spiro atoms. The van der Waals surface area contributed by atoms with Gasteiger partial charge >= 0.3 is 6.36 Å². The molecular formula is C9H8BrClF3NO. The third kappa shape index (κ3) is 3.18. The topological polar surface area (TPSA) is 12.5 Å². The molecule has 2 nitrogen and oxygen atoms in total. The molecule has 0 aliphatic carbocycles. The second-order valence-electron chi connectivity index (χ2n) is 3.15. The number of benzene rings is 1. The minimum absolute atomic E-state index is 0.173. The first-order valence-corrected chi connectivity index (χ1v) is 5.30. The Morgan fingerprint density at radius 1 is 1.31 bits per heavy atom. The summed E-state index contributed by atoms with van der Waals surface area (Å²) >= 11 is 9.02. The molecule has 7 heteroatoms. The zero-order valence-corrected chi connectivity index (χ0v) is 10.7. The van der Waals surface area contributed by atoms with Crippen molar-refractivity contribution >= 4 is 33.2 Å². The number of ether oxygens (including phenoxy) is 1. The number of halogens is 5. The summed E-state index contributed by atoms with van der Waals surface area (Å²) in [5.74, 6) is -0.328. The third-order valence-corrected chi connectivity index (χ3v) is 2.98. The summed E-state index contributed by atoms with van der Waals surface area (Å²) in [5.41, 5.74) is 0.174. The number of anilines is 1. The monoisotopic (exact) mass is 317 g/mol. The Hall–Kier alpha value is -0.620. The van der Waals surface area contributed by atoms with E-state index in [1.807, 2.05) is 0 Å². The average molecular weight is 319 g/mol. The number of rotatable bonds is 2. The fraction of sp³-hybridized carbons (Fsp3) is 0.333. The van der Waals surface area contributed by atoms with Gasteiger partial charge in [-0.15, -0.1) is 13.2 Å². The van der Waals surface area contributed by atoms with E-state index in [9.17, 15) is 13.2 Å². The highest BCUT2D eigenvalue weighted by Crippen LogP contribution is 2.41. The Bertz CT molecular complexity index is 395. The zero-order chi connectivity index (χ0) is 12.5. The average Bonchev–Trinajstić information content (AvgIpc) is 2.08. The molecule has 0 saturated carbocycles. The molecule has 0 heterocycles. The lowest BCUT2D eigenvalue weighted by Crippen LogP contribution is -2.20. The standard InChI is InChI=1S/C9H8BrClF3NO/c1-15(2)8-6(16-9(12,13)14)4-3-5(10)7(8)11/h3-4H,1-2H3. The molecular weight excluding hydrogens is 310 g/mol. The van der Waals surface area contributed by atoms with Gasteiger partial charge in [0.2, 0.25) is 0 Å². The van der Waals surface area contributed by atoms with Crippen LogP contribution in [0.1, 0.15) is 0 Å². The number of hydrogen-bond donors (Lipinski definition) is 0. The van der Waals surface area contributed by atoms with Crippen LogP contribution in [0, 0.1) is 0 Å². The molecule has 16 heavy (non-hydrogen) atoms. The van der Waals surface area contributed by atoms with Crippen molar-refractivity contribution in [2.45, 2.75) is 6.36 Å². The summed E-state index contributed by atoms with van der Waals surface area (Å²) in [5, 5.41) is 0.173. The van der Waals surface area contributed by atoms with Crippen molar-refractivity contribution in [3.63, 3.8) is 0 Å². The van der Waals surface area contributed by atoms with Crippen LogP contribution >= 0.6 is 27.5 Å². The molecule has 1 aromatic rings. The first-order valence-electron chi connectivity index (χ1n) is 4.13. The van der Waals surface area contributed by atoms with Crippen molar-refractivity contribution in [1.29, 1.82) is 0 Å². The largest absolute Gasteiger partial charge is 0.573 e. The summed E-state index contributed by atoms with van der Waals surface area (Å²) in [6.45, 7) is 0. The molecule has 90 valence electrons. The van der Waals surface area contributed by atoms with E-state index in [4.69, 9.17) is 11.6 Å². The van der Waals surface area contributed by atoms with E-state index >= 15 is 0 Å². The molecule has 0 saturated heterocycles. The summed E-state index contributed by atoms with van der Waals surface area (Å²) in [4.78, 5) is 1.45. The van der Waals surface area contributed by atoms with Crippen LogP contribution in [0.25, 0.3) is 0 Å². The van der Waals surface area contributed by atoms with E-state index in [2.05, 4.69) is 20.7 Å². The molecule has 0 fully saturated rings. The molecule has 0 radical (unpaired) electrons. The molecule has 1 rings (SSSR count). The van der Waals surface area contributed by atoms with Gasteiger partial charge in [0, 0.05) is 18.6 Å². The van der Waals surface area contributed by atoms with E-state index in [-0.39, 0.29) is 16.5 Å². The predicted molar refractivity (Wildman–Crippen MR) is 60.2 cm³/mol. The van der Waals surface area contributed by atoms with Gasteiger partial charge in [0.05, 0.1) is 10.7 Å². The molecule has 0 amide bonds. The van der Waals surface area contributed by atoms with Crippen LogP contribution in [0.2, 0.25) is 5.02 Å². The Morgan fingerprint density at radius 2 is 1.88 bits per heavy atom. The highest BCUT2D eigenvalue weighted by atomic mass is 79.9. The van der Waals surface area contributed by atoms with Gasteiger partial charge in [-0.05, 0) is 28.1 Å². The van der Waals surface area contributed by atoms with Crippen LogP contribution in [0.15, 0.2) is 16.6 Å². The Kier molecular flexibility index (Phi) is 3.96. The van der Waals surface area contributed by atoms with E-state index in [1.165, 1.54) is 17.0 Å². The van der Waals surface area contributed by atoms with Crippen LogP contribution in [0.3, 0.4) is 0 Å². The fourth-order valence-corrected chi connectivity index (χ4v) is 1.79. The highest BCUT2D eigenvalue weighted by Gasteiger charge is 2.33. The summed E-state index contributed by atoms with van der Waals surface area (Å²) < 4.78 is 40.8. The summed E-state index contributed by atoms with van der Waals surface area (Å²) in [7, 11) is 3.16. The summed E-state index contributed by atoms with van der Waals surface area (Å²) in [6.07, 6.45) is -4.73.